The topological polar surface area (TPSA) is 35.2 Å². The Bertz CT molecular complexity index is 162. The third kappa shape index (κ3) is 2.71. The van der Waals surface area contributed by atoms with Gasteiger partial charge in [0.1, 0.15) is 0 Å². The van der Waals surface area contributed by atoms with Gasteiger partial charge < -0.3 is 10.5 Å². The molecular formula is C12H25NO. The van der Waals surface area contributed by atoms with Crippen LogP contribution in [0.1, 0.15) is 46.0 Å². The number of ether oxygens (including phenoxy) is 1. The molecular weight excluding hydrogens is 174 g/mol. The van der Waals surface area contributed by atoms with Crippen molar-refractivity contribution < 1.29 is 4.74 Å². The van der Waals surface area contributed by atoms with Crippen LogP contribution >= 0.6 is 0 Å². The van der Waals surface area contributed by atoms with Crippen LogP contribution in [0.5, 0.6) is 0 Å². The van der Waals surface area contributed by atoms with E-state index in [4.69, 9.17) is 10.5 Å². The minimum absolute atomic E-state index is 0.0433. The molecule has 1 aliphatic carbocycles. The van der Waals surface area contributed by atoms with Crippen LogP contribution in [-0.2, 0) is 4.74 Å². The Kier molecular flexibility index (Phi) is 4.39. The Morgan fingerprint density at radius 3 is 2.43 bits per heavy atom. The number of hydrogen-bond donors (Lipinski definition) is 1. The Hall–Kier alpha value is -0.0800. The van der Waals surface area contributed by atoms with Gasteiger partial charge >= 0.3 is 0 Å². The van der Waals surface area contributed by atoms with Gasteiger partial charge in [0.2, 0.25) is 0 Å². The zero-order valence-corrected chi connectivity index (χ0v) is 9.88. The number of nitrogens with two attached hydrogens (primary N) is 1. The van der Waals surface area contributed by atoms with Crippen LogP contribution < -0.4 is 5.73 Å². The molecule has 14 heavy (non-hydrogen) atoms. The van der Waals surface area contributed by atoms with Gasteiger partial charge in [0.05, 0.1) is 6.61 Å². The van der Waals surface area contributed by atoms with Crippen LogP contribution in [0.25, 0.3) is 0 Å². The fourth-order valence-corrected chi connectivity index (χ4v) is 2.53. The van der Waals surface area contributed by atoms with Crippen LogP contribution in [-0.4, -0.2) is 19.3 Å². The van der Waals surface area contributed by atoms with Gasteiger partial charge in [-0.15, -0.1) is 0 Å². The van der Waals surface area contributed by atoms with Crippen LogP contribution in [0.4, 0.5) is 0 Å². The summed E-state index contributed by atoms with van der Waals surface area (Å²) in [6.45, 7) is 5.30. The van der Waals surface area contributed by atoms with Crippen molar-refractivity contribution in [2.24, 2.45) is 17.6 Å². The maximum absolute atomic E-state index is 6.43. The Morgan fingerprint density at radius 1 is 1.43 bits per heavy atom. The van der Waals surface area contributed by atoms with Gasteiger partial charge in [-0.3, -0.25) is 0 Å². The molecule has 84 valence electrons. The number of hydrogen-bond acceptors (Lipinski definition) is 2. The van der Waals surface area contributed by atoms with E-state index in [1.165, 1.54) is 32.1 Å². The minimum atomic E-state index is 0.0433. The second-order valence-corrected chi connectivity index (χ2v) is 4.94. The largest absolute Gasteiger partial charge is 0.384 e. The number of methoxy groups -OCH3 is 1. The lowest BCUT2D eigenvalue weighted by Gasteiger charge is -2.41. The summed E-state index contributed by atoms with van der Waals surface area (Å²) in [6.07, 6.45) is 6.28. The van der Waals surface area contributed by atoms with Crippen molar-refractivity contribution in [1.82, 2.24) is 0 Å². The smallest absolute Gasteiger partial charge is 0.0505 e. The molecule has 2 N–H and O–H groups in total. The van der Waals surface area contributed by atoms with Gasteiger partial charge in [-0.25, -0.2) is 0 Å². The molecule has 1 atom stereocenters. The summed E-state index contributed by atoms with van der Waals surface area (Å²) < 4.78 is 5.20. The average molecular weight is 199 g/mol. The van der Waals surface area contributed by atoms with E-state index in [0.717, 1.165) is 12.5 Å². The Morgan fingerprint density at radius 2 is 2.00 bits per heavy atom. The monoisotopic (exact) mass is 199 g/mol. The van der Waals surface area contributed by atoms with Crippen LogP contribution in [0, 0.1) is 11.8 Å². The predicted octanol–water partition coefficient (Wildman–Crippen LogP) is 2.57. The van der Waals surface area contributed by atoms with E-state index in [2.05, 4.69) is 13.8 Å². The first-order chi connectivity index (χ1) is 6.62. The summed E-state index contributed by atoms with van der Waals surface area (Å²) in [4.78, 5) is 0. The van der Waals surface area contributed by atoms with Gasteiger partial charge in [0, 0.05) is 12.6 Å². The molecule has 0 saturated heterocycles. The standard InChI is InChI=1S/C12H25NO/c1-4-11-5-7-12(13,8-6-11)10(2)9-14-3/h10-11H,4-9,13H2,1-3H3. The van der Waals surface area contributed by atoms with Crippen LogP contribution in [0.2, 0.25) is 0 Å². The Balaban J connectivity index is 2.43. The maximum Gasteiger partial charge on any atom is 0.0505 e. The lowest BCUT2D eigenvalue weighted by atomic mass is 9.70. The van der Waals surface area contributed by atoms with Crippen molar-refractivity contribution in [3.63, 3.8) is 0 Å². The summed E-state index contributed by atoms with van der Waals surface area (Å²) in [5.41, 5.74) is 6.47. The molecule has 2 nitrogen and oxygen atoms in total. The van der Waals surface area contributed by atoms with E-state index in [9.17, 15) is 0 Å². The van der Waals surface area contributed by atoms with Crippen molar-refractivity contribution in [3.8, 4) is 0 Å². The molecule has 0 aromatic carbocycles. The van der Waals surface area contributed by atoms with Gasteiger partial charge in [0.25, 0.3) is 0 Å². The molecule has 1 unspecified atom stereocenters. The van der Waals surface area contributed by atoms with E-state index in [0.29, 0.717) is 5.92 Å². The van der Waals surface area contributed by atoms with Gasteiger partial charge in [-0.2, -0.15) is 0 Å². The van der Waals surface area contributed by atoms with Crippen LogP contribution in [0.3, 0.4) is 0 Å². The highest BCUT2D eigenvalue weighted by atomic mass is 16.5. The van der Waals surface area contributed by atoms with Crippen LogP contribution in [0.15, 0.2) is 0 Å². The van der Waals surface area contributed by atoms with E-state index in [-0.39, 0.29) is 5.54 Å². The van der Waals surface area contributed by atoms with Gasteiger partial charge in [-0.1, -0.05) is 20.3 Å². The molecule has 0 spiro atoms. The second kappa shape index (κ2) is 5.13. The highest BCUT2D eigenvalue weighted by molar-refractivity contribution is 4.93. The Labute approximate surface area is 88.2 Å². The second-order valence-electron chi connectivity index (χ2n) is 4.94. The number of rotatable bonds is 4. The summed E-state index contributed by atoms with van der Waals surface area (Å²) in [6, 6.07) is 0. The van der Waals surface area contributed by atoms with Gasteiger partial charge in [-0.05, 0) is 37.5 Å². The molecule has 0 radical (unpaired) electrons. The maximum atomic E-state index is 6.43. The molecule has 1 rings (SSSR count). The zero-order valence-electron chi connectivity index (χ0n) is 9.88. The third-order valence-electron chi connectivity index (χ3n) is 4.01. The lowest BCUT2D eigenvalue weighted by molar-refractivity contribution is 0.0843. The molecule has 1 fully saturated rings. The highest BCUT2D eigenvalue weighted by Crippen LogP contribution is 2.36. The molecule has 0 aromatic heterocycles. The molecule has 0 aliphatic heterocycles. The summed E-state index contributed by atoms with van der Waals surface area (Å²) in [7, 11) is 1.76. The van der Waals surface area contributed by atoms with E-state index in [1.807, 2.05) is 0 Å². The first-order valence-corrected chi connectivity index (χ1v) is 5.90. The fraction of sp³-hybridized carbons (Fsp3) is 1.00. The van der Waals surface area contributed by atoms with Gasteiger partial charge in [0.15, 0.2) is 0 Å². The molecule has 0 amide bonds. The van der Waals surface area contributed by atoms with Crippen molar-refractivity contribution >= 4 is 0 Å². The van der Waals surface area contributed by atoms with E-state index < -0.39 is 0 Å². The summed E-state index contributed by atoms with van der Waals surface area (Å²) >= 11 is 0. The van der Waals surface area contributed by atoms with Crippen molar-refractivity contribution in [2.45, 2.75) is 51.5 Å². The van der Waals surface area contributed by atoms with E-state index in [1.54, 1.807) is 7.11 Å². The molecule has 2 heteroatoms. The SMILES string of the molecule is CCC1CCC(N)(C(C)COC)CC1. The first kappa shape index (κ1) is 12.0. The molecule has 1 aliphatic rings. The van der Waals surface area contributed by atoms with Crippen molar-refractivity contribution in [1.29, 1.82) is 0 Å². The molecule has 0 heterocycles. The predicted molar refractivity (Wildman–Crippen MR) is 60.2 cm³/mol. The lowest BCUT2D eigenvalue weighted by Crippen LogP contribution is -2.50. The molecule has 0 bridgehead atoms. The van der Waals surface area contributed by atoms with Crippen molar-refractivity contribution in [3.05, 3.63) is 0 Å². The fourth-order valence-electron chi connectivity index (χ4n) is 2.53. The van der Waals surface area contributed by atoms with Crippen molar-refractivity contribution in [2.75, 3.05) is 13.7 Å². The average Bonchev–Trinajstić information content (AvgIpc) is 2.19. The molecule has 1 saturated carbocycles. The first-order valence-electron chi connectivity index (χ1n) is 5.90. The third-order valence-corrected chi connectivity index (χ3v) is 4.01. The van der Waals surface area contributed by atoms with E-state index >= 15 is 0 Å². The highest BCUT2D eigenvalue weighted by Gasteiger charge is 2.35. The summed E-state index contributed by atoms with van der Waals surface area (Å²) in [5, 5.41) is 0. The molecule has 0 aromatic rings. The zero-order chi connectivity index (χ0) is 10.6. The quantitative estimate of drug-likeness (QED) is 0.755. The normalized spacial score (nSPS) is 35.6. The summed E-state index contributed by atoms with van der Waals surface area (Å²) in [5.74, 6) is 1.41. The minimum Gasteiger partial charge on any atom is -0.384 e.